The van der Waals surface area contributed by atoms with E-state index in [0.29, 0.717) is 0 Å². The molecular weight excluding hydrogens is 274 g/mol. The van der Waals surface area contributed by atoms with Gasteiger partial charge in [0.15, 0.2) is 5.13 Å². The standard InChI is InChI=1S/C7H6F6N2OS/c8-6(9,10)4(7(11,12)13)16-2-3-1-15-5(14)17-3/h1,4H,2H2,(H2,14,15). The van der Waals surface area contributed by atoms with Crippen molar-refractivity contribution in [3.05, 3.63) is 11.1 Å². The largest absolute Gasteiger partial charge is 0.423 e. The number of anilines is 1. The minimum Gasteiger partial charge on any atom is -0.375 e. The van der Waals surface area contributed by atoms with Crippen molar-refractivity contribution in [3.8, 4) is 0 Å². The molecule has 0 radical (unpaired) electrons. The first-order valence-corrected chi connectivity index (χ1v) is 4.87. The maximum atomic E-state index is 12.0. The van der Waals surface area contributed by atoms with Crippen LogP contribution in [0.1, 0.15) is 4.88 Å². The minimum atomic E-state index is -5.51. The number of halogens is 6. The highest BCUT2D eigenvalue weighted by Crippen LogP contribution is 2.36. The number of aromatic nitrogens is 1. The van der Waals surface area contributed by atoms with Crippen molar-refractivity contribution in [1.82, 2.24) is 4.98 Å². The minimum absolute atomic E-state index is 0.0409. The van der Waals surface area contributed by atoms with E-state index in [-0.39, 0.29) is 10.0 Å². The van der Waals surface area contributed by atoms with Crippen LogP contribution in [0.25, 0.3) is 0 Å². The van der Waals surface area contributed by atoms with Crippen molar-refractivity contribution >= 4 is 16.5 Å². The highest BCUT2D eigenvalue weighted by molar-refractivity contribution is 7.15. The van der Waals surface area contributed by atoms with Crippen LogP contribution in [-0.2, 0) is 11.3 Å². The van der Waals surface area contributed by atoms with E-state index >= 15 is 0 Å². The summed E-state index contributed by atoms with van der Waals surface area (Å²) in [5, 5.41) is 0.0409. The normalized spacial score (nSPS) is 13.4. The second-order valence-electron chi connectivity index (χ2n) is 2.94. The van der Waals surface area contributed by atoms with Crippen molar-refractivity contribution < 1.29 is 31.1 Å². The smallest absolute Gasteiger partial charge is 0.375 e. The summed E-state index contributed by atoms with van der Waals surface area (Å²) in [4.78, 5) is 3.56. The molecule has 10 heteroatoms. The third kappa shape index (κ3) is 4.04. The topological polar surface area (TPSA) is 48.1 Å². The zero-order valence-corrected chi connectivity index (χ0v) is 8.79. The molecule has 0 aromatic carbocycles. The van der Waals surface area contributed by atoms with E-state index in [4.69, 9.17) is 5.73 Å². The molecule has 1 heterocycles. The molecule has 0 spiro atoms. The number of rotatable bonds is 3. The van der Waals surface area contributed by atoms with E-state index in [2.05, 4.69) is 9.72 Å². The molecule has 0 bridgehead atoms. The second-order valence-corrected chi connectivity index (χ2v) is 4.09. The summed E-state index contributed by atoms with van der Waals surface area (Å²) < 4.78 is 76.1. The summed E-state index contributed by atoms with van der Waals surface area (Å²) in [5.41, 5.74) is 5.16. The predicted octanol–water partition coefficient (Wildman–Crippen LogP) is 2.74. The second kappa shape index (κ2) is 4.69. The van der Waals surface area contributed by atoms with Crippen LogP contribution in [0.4, 0.5) is 31.5 Å². The highest BCUT2D eigenvalue weighted by atomic mass is 32.1. The van der Waals surface area contributed by atoms with Gasteiger partial charge in [-0.2, -0.15) is 26.3 Å². The number of hydrogen-bond donors (Lipinski definition) is 1. The monoisotopic (exact) mass is 280 g/mol. The summed E-state index contributed by atoms with van der Waals surface area (Å²) in [7, 11) is 0. The molecule has 98 valence electrons. The van der Waals surface area contributed by atoms with E-state index in [9.17, 15) is 26.3 Å². The number of nitrogens with two attached hydrogens (primary N) is 1. The maximum absolute atomic E-state index is 12.0. The van der Waals surface area contributed by atoms with Gasteiger partial charge in [0.25, 0.3) is 0 Å². The van der Waals surface area contributed by atoms with Crippen molar-refractivity contribution in [2.45, 2.75) is 25.1 Å². The Bertz CT molecular complexity index is 359. The lowest BCUT2D eigenvalue weighted by molar-refractivity contribution is -0.324. The molecule has 0 amide bonds. The van der Waals surface area contributed by atoms with Crippen LogP contribution in [0.5, 0.6) is 0 Å². The van der Waals surface area contributed by atoms with Gasteiger partial charge in [0, 0.05) is 6.20 Å². The molecule has 1 aromatic rings. The van der Waals surface area contributed by atoms with Gasteiger partial charge < -0.3 is 10.5 Å². The van der Waals surface area contributed by atoms with Crippen LogP contribution in [0.2, 0.25) is 0 Å². The average Bonchev–Trinajstić information content (AvgIpc) is 2.46. The molecule has 0 aliphatic carbocycles. The van der Waals surface area contributed by atoms with Crippen molar-refractivity contribution in [3.63, 3.8) is 0 Å². The van der Waals surface area contributed by atoms with Crippen LogP contribution in [0.3, 0.4) is 0 Å². The van der Waals surface area contributed by atoms with E-state index in [1.807, 2.05) is 0 Å². The lowest BCUT2D eigenvalue weighted by Gasteiger charge is -2.22. The van der Waals surface area contributed by atoms with E-state index in [1.54, 1.807) is 0 Å². The Kier molecular flexibility index (Phi) is 3.87. The molecule has 1 rings (SSSR count). The first kappa shape index (κ1) is 14.0. The van der Waals surface area contributed by atoms with Gasteiger partial charge in [0.1, 0.15) is 0 Å². The maximum Gasteiger partial charge on any atom is 0.423 e. The zero-order valence-electron chi connectivity index (χ0n) is 7.97. The lowest BCUT2D eigenvalue weighted by atomic mass is 10.3. The fourth-order valence-electron chi connectivity index (χ4n) is 0.929. The van der Waals surface area contributed by atoms with Crippen molar-refractivity contribution in [2.75, 3.05) is 5.73 Å². The molecule has 0 unspecified atom stereocenters. The zero-order chi connectivity index (χ0) is 13.3. The quantitative estimate of drug-likeness (QED) is 0.866. The van der Waals surface area contributed by atoms with Gasteiger partial charge in [-0.1, -0.05) is 11.3 Å². The van der Waals surface area contributed by atoms with Crippen LogP contribution < -0.4 is 5.73 Å². The molecule has 0 aliphatic heterocycles. The Morgan fingerprint density at radius 2 is 1.76 bits per heavy atom. The van der Waals surface area contributed by atoms with Crippen LogP contribution in [0.15, 0.2) is 6.20 Å². The predicted molar refractivity (Wildman–Crippen MR) is 47.2 cm³/mol. The number of alkyl halides is 6. The number of nitrogen functional groups attached to an aromatic ring is 1. The molecule has 0 saturated heterocycles. The SMILES string of the molecule is Nc1ncc(COC(C(F)(F)F)C(F)(F)F)s1. The molecule has 0 atom stereocenters. The molecule has 1 aromatic heterocycles. The van der Waals surface area contributed by atoms with Gasteiger partial charge in [-0.3, -0.25) is 0 Å². The van der Waals surface area contributed by atoms with Gasteiger partial charge in [-0.25, -0.2) is 4.98 Å². The number of nitrogens with zero attached hydrogens (tertiary/aromatic N) is 1. The van der Waals surface area contributed by atoms with Gasteiger partial charge in [-0.05, 0) is 0 Å². The van der Waals surface area contributed by atoms with Crippen LogP contribution in [0, 0.1) is 0 Å². The van der Waals surface area contributed by atoms with Gasteiger partial charge in [0.05, 0.1) is 11.5 Å². The Morgan fingerprint density at radius 1 is 1.24 bits per heavy atom. The summed E-state index contributed by atoms with van der Waals surface area (Å²) in [6, 6.07) is 0. The fraction of sp³-hybridized carbons (Fsp3) is 0.571. The summed E-state index contributed by atoms with van der Waals surface area (Å²) in [5.74, 6) is 0. The van der Waals surface area contributed by atoms with E-state index in [1.165, 1.54) is 0 Å². The van der Waals surface area contributed by atoms with Crippen LogP contribution >= 0.6 is 11.3 Å². The van der Waals surface area contributed by atoms with E-state index in [0.717, 1.165) is 17.5 Å². The van der Waals surface area contributed by atoms with Crippen molar-refractivity contribution in [1.29, 1.82) is 0 Å². The summed E-state index contributed by atoms with van der Waals surface area (Å²) in [6.07, 6.45) is -13.8. The highest BCUT2D eigenvalue weighted by Gasteiger charge is 2.57. The molecule has 0 aliphatic rings. The third-order valence-electron chi connectivity index (χ3n) is 1.56. The molecular formula is C7H6F6N2OS. The fourth-order valence-corrected chi connectivity index (χ4v) is 1.54. The first-order chi connectivity index (χ1) is 7.60. The molecule has 3 nitrogen and oxygen atoms in total. The molecule has 17 heavy (non-hydrogen) atoms. The third-order valence-corrected chi connectivity index (χ3v) is 2.36. The Morgan fingerprint density at radius 3 is 2.12 bits per heavy atom. The Hall–Kier alpha value is -1.03. The Balaban J connectivity index is 2.69. The first-order valence-electron chi connectivity index (χ1n) is 4.06. The molecule has 2 N–H and O–H groups in total. The lowest BCUT2D eigenvalue weighted by Crippen LogP contribution is -2.44. The number of thiazole rings is 1. The summed E-state index contributed by atoms with van der Waals surface area (Å²) in [6.45, 7) is -0.849. The number of ether oxygens (including phenoxy) is 1. The van der Waals surface area contributed by atoms with Gasteiger partial charge >= 0.3 is 12.4 Å². The number of hydrogen-bond acceptors (Lipinski definition) is 4. The van der Waals surface area contributed by atoms with Gasteiger partial charge in [-0.15, -0.1) is 0 Å². The molecule has 0 fully saturated rings. The summed E-state index contributed by atoms with van der Waals surface area (Å²) >= 11 is 0.758. The average molecular weight is 280 g/mol. The molecule has 0 saturated carbocycles. The Labute approximate surface area is 95.2 Å². The van der Waals surface area contributed by atoms with Crippen molar-refractivity contribution in [2.24, 2.45) is 0 Å². The van der Waals surface area contributed by atoms with E-state index < -0.39 is 25.1 Å². The van der Waals surface area contributed by atoms with Crippen LogP contribution in [-0.4, -0.2) is 23.4 Å². The van der Waals surface area contributed by atoms with Gasteiger partial charge in [0.2, 0.25) is 6.10 Å².